The van der Waals surface area contributed by atoms with Crippen molar-refractivity contribution in [1.82, 2.24) is 13.9 Å². The Labute approximate surface area is 146 Å². The number of hydrogen-bond donors (Lipinski definition) is 0. The topological polar surface area (TPSA) is 70.6 Å². The van der Waals surface area contributed by atoms with Gasteiger partial charge in [0, 0.05) is 23.5 Å². The summed E-state index contributed by atoms with van der Waals surface area (Å²) in [6, 6.07) is 12.6. The number of sulfonamides is 1. The fourth-order valence-electron chi connectivity index (χ4n) is 2.08. The molecule has 24 heavy (non-hydrogen) atoms. The Bertz CT molecular complexity index is 805. The Balaban J connectivity index is 2.49. The highest BCUT2D eigenvalue weighted by atomic mass is 35.5. The van der Waals surface area contributed by atoms with Crippen LogP contribution in [0.4, 0.5) is 0 Å². The van der Waals surface area contributed by atoms with Crippen LogP contribution in [0.5, 0.6) is 0 Å². The zero-order chi connectivity index (χ0) is 18.0. The quantitative estimate of drug-likeness (QED) is 0.615. The SMILES string of the molecule is CC(C)(C)N(N(Cl)C(=O)c1ccccn1)S(=O)(=O)c1ccccc1. The van der Waals surface area contributed by atoms with Gasteiger partial charge in [0.15, 0.2) is 0 Å². The van der Waals surface area contributed by atoms with E-state index in [2.05, 4.69) is 4.98 Å². The van der Waals surface area contributed by atoms with Gasteiger partial charge in [-0.05, 0) is 45.0 Å². The van der Waals surface area contributed by atoms with Crippen LogP contribution in [0.2, 0.25) is 0 Å². The van der Waals surface area contributed by atoms with Crippen LogP contribution in [0.3, 0.4) is 0 Å². The average molecular weight is 368 g/mol. The lowest BCUT2D eigenvalue weighted by Gasteiger charge is -2.37. The summed E-state index contributed by atoms with van der Waals surface area (Å²) in [6.07, 6.45) is 1.44. The molecule has 1 amide bonds. The fraction of sp³-hybridized carbons (Fsp3) is 0.250. The molecule has 0 atom stereocenters. The lowest BCUT2D eigenvalue weighted by Crippen LogP contribution is -2.54. The van der Waals surface area contributed by atoms with Gasteiger partial charge in [-0.25, -0.2) is 8.42 Å². The van der Waals surface area contributed by atoms with Crippen molar-refractivity contribution in [3.05, 3.63) is 60.4 Å². The van der Waals surface area contributed by atoms with Gasteiger partial charge < -0.3 is 0 Å². The summed E-state index contributed by atoms with van der Waals surface area (Å²) in [7, 11) is -4.03. The first-order valence-electron chi connectivity index (χ1n) is 7.17. The first-order chi connectivity index (χ1) is 11.2. The monoisotopic (exact) mass is 367 g/mol. The van der Waals surface area contributed by atoms with Gasteiger partial charge in [-0.15, -0.1) is 0 Å². The van der Waals surface area contributed by atoms with Crippen molar-refractivity contribution in [2.75, 3.05) is 0 Å². The van der Waals surface area contributed by atoms with Crippen molar-refractivity contribution in [2.24, 2.45) is 0 Å². The van der Waals surface area contributed by atoms with Gasteiger partial charge in [0.2, 0.25) is 0 Å². The molecule has 1 aromatic carbocycles. The molecule has 0 N–H and O–H groups in total. The van der Waals surface area contributed by atoms with Crippen molar-refractivity contribution in [3.8, 4) is 0 Å². The van der Waals surface area contributed by atoms with Crippen LogP contribution in [-0.2, 0) is 10.0 Å². The first-order valence-corrected chi connectivity index (χ1v) is 8.95. The number of nitrogens with zero attached hydrogens (tertiary/aromatic N) is 3. The van der Waals surface area contributed by atoms with Crippen LogP contribution in [0.25, 0.3) is 0 Å². The van der Waals surface area contributed by atoms with Gasteiger partial charge in [-0.2, -0.15) is 4.53 Å². The van der Waals surface area contributed by atoms with Crippen molar-refractivity contribution < 1.29 is 13.2 Å². The zero-order valence-corrected chi connectivity index (χ0v) is 15.1. The largest absolute Gasteiger partial charge is 0.302 e. The lowest BCUT2D eigenvalue weighted by molar-refractivity contribution is 0.0436. The number of carbonyl (C=O) groups is 1. The lowest BCUT2D eigenvalue weighted by atomic mass is 10.1. The van der Waals surface area contributed by atoms with Gasteiger partial charge in [0.1, 0.15) is 5.69 Å². The molecule has 0 spiro atoms. The maximum absolute atomic E-state index is 13.0. The number of hydrazine groups is 1. The number of carbonyl (C=O) groups excluding carboxylic acids is 1. The molecular formula is C16H18ClN3O3S. The van der Waals surface area contributed by atoms with E-state index in [1.807, 2.05) is 0 Å². The van der Waals surface area contributed by atoms with E-state index in [1.165, 1.54) is 24.4 Å². The normalized spacial score (nSPS) is 12.2. The maximum atomic E-state index is 13.0. The van der Waals surface area contributed by atoms with E-state index in [-0.39, 0.29) is 10.6 Å². The summed E-state index contributed by atoms with van der Waals surface area (Å²) in [5.74, 6) is -0.730. The highest BCUT2D eigenvalue weighted by Gasteiger charge is 2.41. The van der Waals surface area contributed by atoms with Gasteiger partial charge >= 0.3 is 5.91 Å². The first kappa shape index (κ1) is 18.4. The number of hydrogen-bond acceptors (Lipinski definition) is 4. The zero-order valence-electron chi connectivity index (χ0n) is 13.5. The molecule has 0 aliphatic carbocycles. The third-order valence-electron chi connectivity index (χ3n) is 3.05. The van der Waals surface area contributed by atoms with Crippen LogP contribution < -0.4 is 0 Å². The molecule has 2 aromatic rings. The van der Waals surface area contributed by atoms with Crippen LogP contribution in [-0.4, -0.2) is 33.8 Å². The molecule has 0 aliphatic heterocycles. The van der Waals surface area contributed by atoms with Gasteiger partial charge in [-0.1, -0.05) is 28.7 Å². The molecule has 0 aliphatic rings. The molecule has 0 saturated carbocycles. The minimum Gasteiger partial charge on any atom is -0.264 e. The molecule has 0 saturated heterocycles. The molecule has 0 unspecified atom stereocenters. The van der Waals surface area contributed by atoms with E-state index in [4.69, 9.17) is 11.8 Å². The third kappa shape index (κ3) is 3.75. The van der Waals surface area contributed by atoms with Crippen LogP contribution in [0.15, 0.2) is 59.6 Å². The summed E-state index contributed by atoms with van der Waals surface area (Å²) in [6.45, 7) is 4.94. The molecule has 128 valence electrons. The number of amides is 1. The Hall–Kier alpha value is -1.96. The molecular weight excluding hydrogens is 350 g/mol. The minimum absolute atomic E-state index is 0.0411. The van der Waals surface area contributed by atoms with Gasteiger partial charge in [0.05, 0.1) is 4.90 Å². The fourth-order valence-corrected chi connectivity index (χ4v) is 4.32. The van der Waals surface area contributed by atoms with Crippen molar-refractivity contribution >= 4 is 27.7 Å². The summed E-state index contributed by atoms with van der Waals surface area (Å²) >= 11 is 6.14. The van der Waals surface area contributed by atoms with E-state index < -0.39 is 21.5 Å². The minimum atomic E-state index is -4.03. The van der Waals surface area contributed by atoms with Crippen LogP contribution >= 0.6 is 11.8 Å². The Kier molecular flexibility index (Phi) is 5.27. The van der Waals surface area contributed by atoms with Crippen molar-refractivity contribution in [3.63, 3.8) is 0 Å². The van der Waals surface area contributed by atoms with E-state index in [0.717, 1.165) is 4.41 Å². The number of aromatic nitrogens is 1. The number of halogens is 1. The standard InChI is InChI=1S/C16H18ClN3O3S/c1-16(2,3)20(24(22,23)13-9-5-4-6-10-13)19(17)15(21)14-11-7-8-12-18-14/h4-12H,1-3H3. The molecule has 1 aromatic heterocycles. The molecule has 1 heterocycles. The highest BCUT2D eigenvalue weighted by Crippen LogP contribution is 2.28. The predicted octanol–water partition coefficient (Wildman–Crippen LogP) is 3.08. The summed E-state index contributed by atoms with van der Waals surface area (Å²) in [5.41, 5.74) is -0.925. The second-order valence-electron chi connectivity index (χ2n) is 6.01. The average Bonchev–Trinajstić information content (AvgIpc) is 2.54. The van der Waals surface area contributed by atoms with E-state index in [1.54, 1.807) is 51.1 Å². The predicted molar refractivity (Wildman–Crippen MR) is 91.5 cm³/mol. The smallest absolute Gasteiger partial charge is 0.264 e. The van der Waals surface area contributed by atoms with Crippen LogP contribution in [0, 0.1) is 0 Å². The van der Waals surface area contributed by atoms with E-state index in [0.29, 0.717) is 4.53 Å². The molecule has 0 radical (unpaired) electrons. The Morgan fingerprint density at radius 1 is 1.04 bits per heavy atom. The second-order valence-corrected chi connectivity index (χ2v) is 8.10. The summed E-state index contributed by atoms with van der Waals surface area (Å²) in [4.78, 5) is 16.5. The molecule has 8 heteroatoms. The van der Waals surface area contributed by atoms with Gasteiger partial charge in [0.25, 0.3) is 10.0 Å². The van der Waals surface area contributed by atoms with E-state index in [9.17, 15) is 13.2 Å². The second kappa shape index (κ2) is 6.88. The number of pyridine rings is 1. The van der Waals surface area contributed by atoms with Gasteiger partial charge in [-0.3, -0.25) is 9.78 Å². The molecule has 0 bridgehead atoms. The summed E-state index contributed by atoms with van der Waals surface area (Å²) < 4.78 is 27.4. The number of rotatable bonds is 4. The molecule has 0 fully saturated rings. The third-order valence-corrected chi connectivity index (χ3v) is 5.48. The summed E-state index contributed by atoms with van der Waals surface area (Å²) in [5, 5.41) is 0. The Morgan fingerprint density at radius 2 is 1.62 bits per heavy atom. The van der Waals surface area contributed by atoms with Crippen molar-refractivity contribution in [2.45, 2.75) is 31.2 Å². The number of benzene rings is 1. The Morgan fingerprint density at radius 3 is 2.12 bits per heavy atom. The highest BCUT2D eigenvalue weighted by molar-refractivity contribution is 7.89. The molecule has 2 rings (SSSR count). The molecule has 6 nitrogen and oxygen atoms in total. The van der Waals surface area contributed by atoms with E-state index >= 15 is 0 Å². The maximum Gasteiger partial charge on any atom is 0.302 e. The van der Waals surface area contributed by atoms with Crippen molar-refractivity contribution in [1.29, 1.82) is 0 Å². The van der Waals surface area contributed by atoms with Crippen LogP contribution in [0.1, 0.15) is 31.3 Å².